The van der Waals surface area contributed by atoms with Gasteiger partial charge in [-0.1, -0.05) is 117 Å². The summed E-state index contributed by atoms with van der Waals surface area (Å²) in [6.45, 7) is 4.41. The molecule has 0 radical (unpaired) electrons. The molecule has 44 heavy (non-hydrogen) atoms. The third-order valence-electron chi connectivity index (χ3n) is 6.89. The van der Waals surface area contributed by atoms with E-state index in [4.69, 9.17) is 10.0 Å². The third-order valence-corrected chi connectivity index (χ3v) is 7.35. The second-order valence-electron chi connectivity index (χ2n) is 10.7. The molecule has 0 spiro atoms. The molecule has 8 heteroatoms. The molecule has 0 saturated carbocycles. The molecule has 0 aliphatic heterocycles. The van der Waals surface area contributed by atoms with Crippen molar-refractivity contribution < 1.29 is 27.6 Å². The van der Waals surface area contributed by atoms with Crippen molar-refractivity contribution in [3.63, 3.8) is 0 Å². The highest BCUT2D eigenvalue weighted by atomic mass is 79.9. The van der Waals surface area contributed by atoms with E-state index in [0.717, 1.165) is 30.5 Å². The fourth-order valence-electron chi connectivity index (χ4n) is 4.47. The normalized spacial score (nSPS) is 10.4. The van der Waals surface area contributed by atoms with Crippen LogP contribution in [-0.2, 0) is 12.8 Å². The van der Waals surface area contributed by atoms with Gasteiger partial charge in [0.05, 0.1) is 0 Å². The number of halogens is 5. The van der Waals surface area contributed by atoms with Crippen molar-refractivity contribution in [2.75, 3.05) is 0 Å². The molecule has 0 fully saturated rings. The number of rotatable bonds is 12. The molecule has 236 valence electrons. The van der Waals surface area contributed by atoms with Crippen molar-refractivity contribution >= 4 is 28.5 Å². The van der Waals surface area contributed by atoms with Crippen molar-refractivity contribution in [3.8, 4) is 11.1 Å². The first-order valence-electron chi connectivity index (χ1n) is 15.2. The van der Waals surface area contributed by atoms with E-state index >= 15 is 0 Å². The number of aryl methyl sites for hydroxylation is 2. The second kappa shape index (κ2) is 20.9. The van der Waals surface area contributed by atoms with Crippen LogP contribution in [0.3, 0.4) is 0 Å². The summed E-state index contributed by atoms with van der Waals surface area (Å²) in [5.41, 5.74) is 4.55. The van der Waals surface area contributed by atoms with Gasteiger partial charge in [0.15, 0.2) is 0 Å². The van der Waals surface area contributed by atoms with Gasteiger partial charge < -0.3 is 10.0 Å². The molecule has 0 atom stereocenters. The van der Waals surface area contributed by atoms with Crippen LogP contribution in [0.5, 0.6) is 0 Å². The molecule has 0 aliphatic carbocycles. The lowest BCUT2D eigenvalue weighted by molar-refractivity contribution is 0.426. The van der Waals surface area contributed by atoms with E-state index in [1.165, 1.54) is 86.8 Å². The highest BCUT2D eigenvalue weighted by Gasteiger charge is 2.09. The average molecular weight is 673 g/mol. The average Bonchev–Trinajstić information content (AvgIpc) is 2.98. The predicted octanol–water partition coefficient (Wildman–Crippen LogP) is 9.97. The van der Waals surface area contributed by atoms with Crippen molar-refractivity contribution in [2.45, 2.75) is 78.1 Å². The molecule has 4 aromatic carbocycles. The van der Waals surface area contributed by atoms with E-state index in [9.17, 15) is 17.6 Å². The molecule has 0 saturated heterocycles. The maximum atomic E-state index is 13.2. The van der Waals surface area contributed by atoms with Gasteiger partial charge in [-0.3, -0.25) is 0 Å². The first-order chi connectivity index (χ1) is 21.1. The van der Waals surface area contributed by atoms with Crippen LogP contribution in [0.1, 0.15) is 76.3 Å². The fourth-order valence-corrected chi connectivity index (χ4v) is 4.91. The molecule has 0 bridgehead atoms. The molecule has 0 amide bonds. The maximum absolute atomic E-state index is 13.2. The summed E-state index contributed by atoms with van der Waals surface area (Å²) in [4.78, 5) is 0. The number of hydrogen-bond acceptors (Lipinski definition) is 2. The van der Waals surface area contributed by atoms with Crippen molar-refractivity contribution in [2.24, 2.45) is 0 Å². The Hall–Kier alpha value is -2.94. The van der Waals surface area contributed by atoms with Crippen molar-refractivity contribution in [3.05, 3.63) is 124 Å². The number of benzene rings is 4. The summed E-state index contributed by atoms with van der Waals surface area (Å²) >= 11 is 2.93. The Morgan fingerprint density at radius 2 is 0.932 bits per heavy atom. The lowest BCUT2D eigenvalue weighted by Crippen LogP contribution is -2.29. The van der Waals surface area contributed by atoms with Crippen LogP contribution in [0, 0.1) is 23.3 Å². The molecule has 0 aliphatic rings. The van der Waals surface area contributed by atoms with Crippen LogP contribution in [0.4, 0.5) is 17.6 Å². The molecule has 4 rings (SSSR count). The molecule has 4 aromatic rings. The quantitative estimate of drug-likeness (QED) is 0.0893. The van der Waals surface area contributed by atoms with Gasteiger partial charge in [-0.2, -0.15) is 0 Å². The summed E-state index contributed by atoms with van der Waals surface area (Å²) in [7, 11) is -1.35. The SMILES string of the molecule is CCCCCCc1ccc(-c2cc(F)cc(F)c2)cc1.CCCCCCc1ccc(B(O)O)cc1.Fc1cc(F)cc(Br)c1. The Bertz CT molecular complexity index is 1300. The van der Waals surface area contributed by atoms with Crippen LogP contribution < -0.4 is 5.46 Å². The second-order valence-corrected chi connectivity index (χ2v) is 11.6. The zero-order valence-corrected chi connectivity index (χ0v) is 27.1. The van der Waals surface area contributed by atoms with Gasteiger partial charge in [-0.25, -0.2) is 17.6 Å². The molecule has 2 nitrogen and oxygen atoms in total. The minimum atomic E-state index is -1.35. The summed E-state index contributed by atoms with van der Waals surface area (Å²) in [5, 5.41) is 17.8. The van der Waals surface area contributed by atoms with Crippen molar-refractivity contribution in [1.29, 1.82) is 0 Å². The Morgan fingerprint density at radius 3 is 1.32 bits per heavy atom. The Labute approximate surface area is 268 Å². The van der Waals surface area contributed by atoms with E-state index in [2.05, 4.69) is 29.8 Å². The molecular weight excluding hydrogens is 631 g/mol. The molecule has 2 N–H and O–H groups in total. The number of unbranched alkanes of at least 4 members (excludes halogenated alkanes) is 6. The first-order valence-corrected chi connectivity index (χ1v) is 16.0. The minimum Gasteiger partial charge on any atom is -0.423 e. The zero-order valence-electron chi connectivity index (χ0n) is 25.5. The van der Waals surface area contributed by atoms with Crippen molar-refractivity contribution in [1.82, 2.24) is 0 Å². The minimum absolute atomic E-state index is 0.417. The first kappa shape index (κ1) is 37.3. The number of hydrogen-bond donors (Lipinski definition) is 2. The highest BCUT2D eigenvalue weighted by Crippen LogP contribution is 2.23. The lowest BCUT2D eigenvalue weighted by atomic mass is 9.80. The smallest absolute Gasteiger partial charge is 0.423 e. The lowest BCUT2D eigenvalue weighted by Gasteiger charge is -2.05. The van der Waals surface area contributed by atoms with E-state index < -0.39 is 30.4 Å². The predicted molar refractivity (Wildman–Crippen MR) is 178 cm³/mol. The van der Waals surface area contributed by atoms with Gasteiger partial charge in [0.2, 0.25) is 0 Å². The van der Waals surface area contributed by atoms with Crippen LogP contribution in [0.25, 0.3) is 11.1 Å². The monoisotopic (exact) mass is 672 g/mol. The van der Waals surface area contributed by atoms with Gasteiger partial charge in [0.1, 0.15) is 23.3 Å². The van der Waals surface area contributed by atoms with Crippen LogP contribution in [0.15, 0.2) is 89.4 Å². The van der Waals surface area contributed by atoms with Gasteiger partial charge in [0, 0.05) is 16.6 Å². The fraction of sp³-hybridized carbons (Fsp3) is 0.333. The maximum Gasteiger partial charge on any atom is 0.488 e. The summed E-state index contributed by atoms with van der Waals surface area (Å²) in [5.74, 6) is -2.21. The van der Waals surface area contributed by atoms with Gasteiger partial charge >= 0.3 is 7.12 Å². The summed E-state index contributed by atoms with van der Waals surface area (Å²) in [6, 6.07) is 22.3. The van der Waals surface area contributed by atoms with E-state index in [0.29, 0.717) is 15.5 Å². The Morgan fingerprint density at radius 1 is 0.523 bits per heavy atom. The molecule has 0 unspecified atom stereocenters. The van der Waals surface area contributed by atoms with Crippen LogP contribution in [0.2, 0.25) is 0 Å². The van der Waals surface area contributed by atoms with Gasteiger partial charge in [-0.05, 0) is 77.7 Å². The largest absolute Gasteiger partial charge is 0.488 e. The Kier molecular flexibility index (Phi) is 17.7. The standard InChI is InChI=1S/C18H20F2.C12H19BO2.C6H3BrF2/c1-2-3-4-5-6-14-7-9-15(10-8-14)16-11-17(19)13-18(20)12-16;1-2-3-4-5-6-11-7-9-12(10-8-11)13(14)15;7-4-1-5(8)3-6(9)2-4/h7-13H,2-6H2,1H3;7-10,14-15H,2-6H2,1H3;1-3H. The summed E-state index contributed by atoms with van der Waals surface area (Å²) in [6.07, 6.45) is 12.2. The molecule has 0 aromatic heterocycles. The van der Waals surface area contributed by atoms with E-state index in [-0.39, 0.29) is 0 Å². The van der Waals surface area contributed by atoms with Gasteiger partial charge in [-0.15, -0.1) is 0 Å². The van der Waals surface area contributed by atoms with E-state index in [1.807, 2.05) is 36.4 Å². The van der Waals surface area contributed by atoms with Crippen LogP contribution in [-0.4, -0.2) is 17.2 Å². The van der Waals surface area contributed by atoms with Crippen LogP contribution >= 0.6 is 15.9 Å². The Balaban J connectivity index is 0.000000247. The molecular formula is C36H42BBrF4O2. The van der Waals surface area contributed by atoms with Gasteiger partial charge in [0.25, 0.3) is 0 Å². The highest BCUT2D eigenvalue weighted by molar-refractivity contribution is 9.10. The van der Waals surface area contributed by atoms with E-state index in [1.54, 1.807) is 12.1 Å². The zero-order chi connectivity index (χ0) is 32.3. The molecule has 0 heterocycles. The summed E-state index contributed by atoms with van der Waals surface area (Å²) < 4.78 is 51.1. The topological polar surface area (TPSA) is 40.5 Å². The third kappa shape index (κ3) is 15.2.